The zero-order valence-electron chi connectivity index (χ0n) is 8.50. The van der Waals surface area contributed by atoms with E-state index in [4.69, 9.17) is 4.74 Å². The van der Waals surface area contributed by atoms with Gasteiger partial charge in [0.1, 0.15) is 0 Å². The Kier molecular flexibility index (Phi) is 2.59. The fourth-order valence-electron chi connectivity index (χ4n) is 2.41. The van der Waals surface area contributed by atoms with Crippen LogP contribution < -0.4 is 0 Å². The Hall–Kier alpha value is -0.830. The van der Waals surface area contributed by atoms with Crippen molar-refractivity contribution in [2.75, 3.05) is 19.7 Å². The lowest BCUT2D eigenvalue weighted by Crippen LogP contribution is -2.45. The number of likely N-dealkylation sites (tertiary alicyclic amines) is 1. The summed E-state index contributed by atoms with van der Waals surface area (Å²) in [7, 11) is 0. The van der Waals surface area contributed by atoms with Gasteiger partial charge < -0.3 is 9.64 Å². The summed E-state index contributed by atoms with van der Waals surface area (Å²) in [4.78, 5) is 13.2. The fourth-order valence-corrected chi connectivity index (χ4v) is 2.41. The number of amides is 1. The SMILES string of the molecule is C=CC(=O)N1CCC2(CCCO2)CC1. The molecule has 0 unspecified atom stereocenters. The van der Waals surface area contributed by atoms with Crippen LogP contribution in [0.2, 0.25) is 0 Å². The predicted octanol–water partition coefficient (Wildman–Crippen LogP) is 1.34. The lowest BCUT2D eigenvalue weighted by Gasteiger charge is -2.38. The zero-order valence-corrected chi connectivity index (χ0v) is 8.50. The van der Waals surface area contributed by atoms with Gasteiger partial charge >= 0.3 is 0 Å². The number of ether oxygens (including phenoxy) is 1. The Balaban J connectivity index is 1.91. The van der Waals surface area contributed by atoms with Crippen LogP contribution in [-0.2, 0) is 9.53 Å². The molecule has 2 saturated heterocycles. The molecule has 2 fully saturated rings. The largest absolute Gasteiger partial charge is 0.375 e. The van der Waals surface area contributed by atoms with E-state index in [1.54, 1.807) is 0 Å². The molecule has 0 saturated carbocycles. The van der Waals surface area contributed by atoms with E-state index in [0.717, 1.165) is 32.5 Å². The van der Waals surface area contributed by atoms with Gasteiger partial charge in [0.15, 0.2) is 0 Å². The molecule has 1 spiro atoms. The minimum Gasteiger partial charge on any atom is -0.375 e. The van der Waals surface area contributed by atoms with Crippen molar-refractivity contribution in [3.63, 3.8) is 0 Å². The van der Waals surface area contributed by atoms with Gasteiger partial charge in [-0.05, 0) is 31.8 Å². The number of rotatable bonds is 1. The number of carbonyl (C=O) groups is 1. The second kappa shape index (κ2) is 3.73. The van der Waals surface area contributed by atoms with Gasteiger partial charge in [0.25, 0.3) is 0 Å². The summed E-state index contributed by atoms with van der Waals surface area (Å²) < 4.78 is 5.78. The summed E-state index contributed by atoms with van der Waals surface area (Å²) in [6, 6.07) is 0. The molecule has 78 valence electrons. The molecule has 2 aliphatic heterocycles. The van der Waals surface area contributed by atoms with Crippen LogP contribution in [0.25, 0.3) is 0 Å². The Labute approximate surface area is 84.7 Å². The van der Waals surface area contributed by atoms with Crippen molar-refractivity contribution in [2.24, 2.45) is 0 Å². The third-order valence-corrected chi connectivity index (χ3v) is 3.35. The van der Waals surface area contributed by atoms with Gasteiger partial charge in [-0.15, -0.1) is 0 Å². The normalized spacial score (nSPS) is 25.3. The van der Waals surface area contributed by atoms with Gasteiger partial charge in [0.05, 0.1) is 5.60 Å². The molecule has 14 heavy (non-hydrogen) atoms. The number of hydrogen-bond acceptors (Lipinski definition) is 2. The van der Waals surface area contributed by atoms with Crippen LogP contribution in [0.4, 0.5) is 0 Å². The Morgan fingerprint density at radius 3 is 2.57 bits per heavy atom. The van der Waals surface area contributed by atoms with Crippen LogP contribution >= 0.6 is 0 Å². The highest BCUT2D eigenvalue weighted by Crippen LogP contribution is 2.35. The van der Waals surface area contributed by atoms with Crippen molar-refractivity contribution >= 4 is 5.91 Å². The Bertz CT molecular complexity index is 234. The van der Waals surface area contributed by atoms with Crippen LogP contribution in [0.1, 0.15) is 25.7 Å². The van der Waals surface area contributed by atoms with Crippen LogP contribution in [0.5, 0.6) is 0 Å². The molecular weight excluding hydrogens is 178 g/mol. The van der Waals surface area contributed by atoms with Gasteiger partial charge in [0, 0.05) is 19.7 Å². The van der Waals surface area contributed by atoms with E-state index in [9.17, 15) is 4.79 Å². The molecule has 0 N–H and O–H groups in total. The van der Waals surface area contributed by atoms with Crippen molar-refractivity contribution in [2.45, 2.75) is 31.3 Å². The average molecular weight is 195 g/mol. The van der Waals surface area contributed by atoms with E-state index < -0.39 is 0 Å². The average Bonchev–Trinajstić information content (AvgIpc) is 2.67. The van der Waals surface area contributed by atoms with Crippen LogP contribution in [-0.4, -0.2) is 36.1 Å². The second-order valence-corrected chi connectivity index (χ2v) is 4.16. The first kappa shape index (κ1) is 9.71. The molecular formula is C11H17NO2. The smallest absolute Gasteiger partial charge is 0.245 e. The van der Waals surface area contributed by atoms with E-state index in [1.165, 1.54) is 18.9 Å². The van der Waals surface area contributed by atoms with Gasteiger partial charge in [-0.25, -0.2) is 0 Å². The quantitative estimate of drug-likeness (QED) is 0.591. The maximum atomic E-state index is 11.3. The molecule has 0 aromatic heterocycles. The molecule has 2 rings (SSSR count). The number of piperidine rings is 1. The van der Waals surface area contributed by atoms with E-state index in [-0.39, 0.29) is 11.5 Å². The fraction of sp³-hybridized carbons (Fsp3) is 0.727. The maximum Gasteiger partial charge on any atom is 0.245 e. The molecule has 3 heteroatoms. The first-order valence-corrected chi connectivity index (χ1v) is 5.31. The standard InChI is InChI=1S/C11H17NO2/c1-2-10(13)12-7-5-11(6-8-12)4-3-9-14-11/h2H,1,3-9H2. The third-order valence-electron chi connectivity index (χ3n) is 3.35. The summed E-state index contributed by atoms with van der Waals surface area (Å²) in [5, 5.41) is 0. The Morgan fingerprint density at radius 2 is 2.07 bits per heavy atom. The van der Waals surface area contributed by atoms with Gasteiger partial charge in [-0.3, -0.25) is 4.79 Å². The van der Waals surface area contributed by atoms with E-state index >= 15 is 0 Å². The van der Waals surface area contributed by atoms with Crippen molar-refractivity contribution in [1.29, 1.82) is 0 Å². The molecule has 0 aromatic rings. The van der Waals surface area contributed by atoms with E-state index in [0.29, 0.717) is 0 Å². The first-order chi connectivity index (χ1) is 6.76. The molecule has 3 nitrogen and oxygen atoms in total. The Morgan fingerprint density at radius 1 is 1.36 bits per heavy atom. The molecule has 0 aromatic carbocycles. The summed E-state index contributed by atoms with van der Waals surface area (Å²) in [6.07, 6.45) is 5.73. The molecule has 0 radical (unpaired) electrons. The summed E-state index contributed by atoms with van der Waals surface area (Å²) in [6.45, 7) is 6.05. The first-order valence-electron chi connectivity index (χ1n) is 5.31. The van der Waals surface area contributed by atoms with Crippen LogP contribution in [0.15, 0.2) is 12.7 Å². The van der Waals surface area contributed by atoms with Crippen molar-refractivity contribution in [1.82, 2.24) is 4.90 Å². The van der Waals surface area contributed by atoms with Gasteiger partial charge in [0.2, 0.25) is 5.91 Å². The second-order valence-electron chi connectivity index (χ2n) is 4.16. The molecule has 0 atom stereocenters. The van der Waals surface area contributed by atoms with Crippen molar-refractivity contribution < 1.29 is 9.53 Å². The van der Waals surface area contributed by atoms with E-state index in [2.05, 4.69) is 6.58 Å². The lowest BCUT2D eigenvalue weighted by atomic mass is 9.89. The van der Waals surface area contributed by atoms with Gasteiger partial charge in [-0.1, -0.05) is 6.58 Å². The highest BCUT2D eigenvalue weighted by atomic mass is 16.5. The minimum absolute atomic E-state index is 0.0536. The molecule has 0 bridgehead atoms. The minimum atomic E-state index is 0.0536. The predicted molar refractivity (Wildman–Crippen MR) is 53.9 cm³/mol. The summed E-state index contributed by atoms with van der Waals surface area (Å²) >= 11 is 0. The summed E-state index contributed by atoms with van der Waals surface area (Å²) in [5.74, 6) is 0.0536. The zero-order chi connectivity index (χ0) is 10.0. The molecule has 2 aliphatic rings. The highest BCUT2D eigenvalue weighted by molar-refractivity contribution is 5.87. The lowest BCUT2D eigenvalue weighted by molar-refractivity contribution is -0.130. The van der Waals surface area contributed by atoms with Gasteiger partial charge in [-0.2, -0.15) is 0 Å². The monoisotopic (exact) mass is 195 g/mol. The summed E-state index contributed by atoms with van der Waals surface area (Å²) in [5.41, 5.74) is 0.109. The van der Waals surface area contributed by atoms with E-state index in [1.807, 2.05) is 4.90 Å². The molecule has 0 aliphatic carbocycles. The van der Waals surface area contributed by atoms with Crippen LogP contribution in [0.3, 0.4) is 0 Å². The van der Waals surface area contributed by atoms with Crippen LogP contribution in [0, 0.1) is 0 Å². The van der Waals surface area contributed by atoms with Crippen molar-refractivity contribution in [3.8, 4) is 0 Å². The highest BCUT2D eigenvalue weighted by Gasteiger charge is 2.38. The number of nitrogens with zero attached hydrogens (tertiary/aromatic N) is 1. The molecule has 1 amide bonds. The third kappa shape index (κ3) is 1.69. The topological polar surface area (TPSA) is 29.5 Å². The maximum absolute atomic E-state index is 11.3. The van der Waals surface area contributed by atoms with Crippen molar-refractivity contribution in [3.05, 3.63) is 12.7 Å². The molecule has 2 heterocycles. The number of hydrogen-bond donors (Lipinski definition) is 0. The number of carbonyl (C=O) groups excluding carboxylic acids is 1.